The van der Waals surface area contributed by atoms with Gasteiger partial charge in [0.15, 0.2) is 0 Å². The van der Waals surface area contributed by atoms with Crippen LogP contribution in [0.5, 0.6) is 0 Å². The van der Waals surface area contributed by atoms with Crippen LogP contribution in [0.4, 0.5) is 0 Å². The normalized spacial score (nSPS) is 22.7. The predicted molar refractivity (Wildman–Crippen MR) is 101 cm³/mol. The van der Waals surface area contributed by atoms with Gasteiger partial charge in [0.05, 0.1) is 10.5 Å². The Kier molecular flexibility index (Phi) is 5.56. The summed E-state index contributed by atoms with van der Waals surface area (Å²) in [4.78, 5) is 15.1. The van der Waals surface area contributed by atoms with E-state index in [0.29, 0.717) is 17.7 Å². The predicted octanol–water partition coefficient (Wildman–Crippen LogP) is 1.23. The maximum absolute atomic E-state index is 12.6. The minimum atomic E-state index is -3.63. The molecule has 2 aromatic rings. The molecule has 0 spiro atoms. The lowest BCUT2D eigenvalue weighted by atomic mass is 9.97. The third kappa shape index (κ3) is 4.33. The number of benzene rings is 1. The fourth-order valence-electron chi connectivity index (χ4n) is 3.09. The molecule has 1 aromatic carbocycles. The van der Waals surface area contributed by atoms with Crippen LogP contribution in [0.15, 0.2) is 47.6 Å². The van der Waals surface area contributed by atoms with Crippen molar-refractivity contribution in [2.75, 3.05) is 6.54 Å². The number of aromatic nitrogens is 1. The Labute approximate surface area is 158 Å². The first-order valence-electron chi connectivity index (χ1n) is 8.57. The van der Waals surface area contributed by atoms with Gasteiger partial charge < -0.3 is 5.11 Å². The van der Waals surface area contributed by atoms with Gasteiger partial charge in [0, 0.05) is 42.5 Å². The summed E-state index contributed by atoms with van der Waals surface area (Å²) in [6, 6.07) is 8.12. The number of pyridine rings is 1. The number of hydrogen-bond acceptors (Lipinski definition) is 6. The molecule has 0 aliphatic carbocycles. The van der Waals surface area contributed by atoms with E-state index < -0.39 is 16.0 Å². The molecule has 144 valence electrons. The highest BCUT2D eigenvalue weighted by Crippen LogP contribution is 2.22. The summed E-state index contributed by atoms with van der Waals surface area (Å²) in [6.45, 7) is 4.34. The number of hydrazine groups is 1. The number of nitrogens with zero attached hydrogens (tertiary/aromatic N) is 1. The number of hydrogen-bond donors (Lipinski definition) is 4. The van der Waals surface area contributed by atoms with Crippen molar-refractivity contribution in [3.05, 3.63) is 48.3 Å². The number of rotatable bonds is 6. The Morgan fingerprint density at radius 1 is 1.11 bits per heavy atom. The van der Waals surface area contributed by atoms with Crippen LogP contribution in [-0.4, -0.2) is 43.1 Å². The molecule has 1 aliphatic heterocycles. The van der Waals surface area contributed by atoms with E-state index in [9.17, 15) is 13.2 Å². The fourth-order valence-corrected chi connectivity index (χ4v) is 4.17. The van der Waals surface area contributed by atoms with Gasteiger partial charge in [-0.3, -0.25) is 15.8 Å². The van der Waals surface area contributed by atoms with Crippen molar-refractivity contribution in [1.29, 1.82) is 0 Å². The van der Waals surface area contributed by atoms with E-state index in [-0.39, 0.29) is 28.5 Å². The zero-order valence-corrected chi connectivity index (χ0v) is 15.8. The molecule has 2 heterocycles. The minimum Gasteiger partial charge on any atom is -0.478 e. The number of sulfonamides is 1. The SMILES string of the molecule is CC1NNC(C)C1CNS(=O)(=O)c1ccc(-c2cncc(C(=O)O)c2)cc1. The Bertz CT molecular complexity index is 921. The summed E-state index contributed by atoms with van der Waals surface area (Å²) in [5.41, 5.74) is 7.58. The van der Waals surface area contributed by atoms with Gasteiger partial charge in [0.25, 0.3) is 0 Å². The van der Waals surface area contributed by atoms with E-state index in [2.05, 4.69) is 20.6 Å². The van der Waals surface area contributed by atoms with Gasteiger partial charge in [-0.2, -0.15) is 0 Å². The summed E-state index contributed by atoms with van der Waals surface area (Å²) in [5.74, 6) is -0.920. The molecule has 9 heteroatoms. The summed E-state index contributed by atoms with van der Waals surface area (Å²) < 4.78 is 27.8. The Balaban J connectivity index is 1.74. The van der Waals surface area contributed by atoms with Gasteiger partial charge >= 0.3 is 5.97 Å². The first kappa shape index (κ1) is 19.4. The second kappa shape index (κ2) is 7.73. The van der Waals surface area contributed by atoms with Gasteiger partial charge in [-0.25, -0.2) is 17.9 Å². The molecule has 4 N–H and O–H groups in total. The topological polar surface area (TPSA) is 120 Å². The average molecular weight is 390 g/mol. The molecule has 0 amide bonds. The van der Waals surface area contributed by atoms with Crippen LogP contribution in [-0.2, 0) is 10.0 Å². The Morgan fingerprint density at radius 2 is 1.74 bits per heavy atom. The minimum absolute atomic E-state index is 0.0767. The molecule has 0 saturated carbocycles. The van der Waals surface area contributed by atoms with E-state index in [4.69, 9.17) is 5.11 Å². The van der Waals surface area contributed by atoms with Crippen LogP contribution in [0.2, 0.25) is 0 Å². The molecule has 27 heavy (non-hydrogen) atoms. The highest BCUT2D eigenvalue weighted by atomic mass is 32.2. The second-order valence-corrected chi connectivity index (χ2v) is 8.44. The Morgan fingerprint density at radius 3 is 2.33 bits per heavy atom. The second-order valence-electron chi connectivity index (χ2n) is 6.67. The van der Waals surface area contributed by atoms with Crippen LogP contribution in [0.1, 0.15) is 24.2 Å². The molecule has 1 saturated heterocycles. The van der Waals surface area contributed by atoms with Crippen molar-refractivity contribution >= 4 is 16.0 Å². The first-order valence-corrected chi connectivity index (χ1v) is 10.1. The molecule has 1 aromatic heterocycles. The summed E-state index contributed by atoms with van der Waals surface area (Å²) in [6.07, 6.45) is 2.81. The van der Waals surface area contributed by atoms with Gasteiger partial charge in [0.2, 0.25) is 10.0 Å². The Hall–Kier alpha value is -2.33. The number of aromatic carboxylic acids is 1. The van der Waals surface area contributed by atoms with Crippen molar-refractivity contribution < 1.29 is 18.3 Å². The molecule has 3 rings (SSSR count). The summed E-state index contributed by atoms with van der Waals surface area (Å²) in [7, 11) is -3.63. The third-order valence-electron chi connectivity index (χ3n) is 4.82. The van der Waals surface area contributed by atoms with Crippen molar-refractivity contribution in [1.82, 2.24) is 20.6 Å². The van der Waals surface area contributed by atoms with Crippen molar-refractivity contribution in [2.45, 2.75) is 30.8 Å². The zero-order chi connectivity index (χ0) is 19.6. The van der Waals surface area contributed by atoms with Crippen LogP contribution in [0.25, 0.3) is 11.1 Å². The van der Waals surface area contributed by atoms with Crippen molar-refractivity contribution in [2.24, 2.45) is 5.92 Å². The molecule has 1 aliphatic rings. The van der Waals surface area contributed by atoms with E-state index in [1.807, 2.05) is 13.8 Å². The number of nitrogens with one attached hydrogen (secondary N) is 3. The maximum Gasteiger partial charge on any atom is 0.337 e. The number of carboxylic acids is 1. The quantitative estimate of drug-likeness (QED) is 0.585. The van der Waals surface area contributed by atoms with Crippen molar-refractivity contribution in [3.63, 3.8) is 0 Å². The summed E-state index contributed by atoms with van der Waals surface area (Å²) >= 11 is 0. The average Bonchev–Trinajstić information content (AvgIpc) is 2.98. The van der Waals surface area contributed by atoms with Crippen LogP contribution in [0.3, 0.4) is 0 Å². The molecule has 1 fully saturated rings. The van der Waals surface area contributed by atoms with Crippen LogP contribution in [0, 0.1) is 5.92 Å². The molecule has 0 bridgehead atoms. The molecule has 8 nitrogen and oxygen atoms in total. The van der Waals surface area contributed by atoms with E-state index in [0.717, 1.165) is 0 Å². The zero-order valence-electron chi connectivity index (χ0n) is 15.0. The van der Waals surface area contributed by atoms with E-state index >= 15 is 0 Å². The van der Waals surface area contributed by atoms with Gasteiger partial charge in [-0.1, -0.05) is 12.1 Å². The monoisotopic (exact) mass is 390 g/mol. The van der Waals surface area contributed by atoms with Gasteiger partial charge in [-0.15, -0.1) is 0 Å². The standard InChI is InChI=1S/C18H22N4O4S/c1-11-17(12(2)22-21-11)10-20-27(25,26)16-5-3-13(4-6-16)14-7-15(18(23)24)9-19-8-14/h3-9,11-12,17,20-22H,10H2,1-2H3,(H,23,24). The molecule has 0 radical (unpaired) electrons. The lowest BCUT2D eigenvalue weighted by molar-refractivity contribution is 0.0696. The lowest BCUT2D eigenvalue weighted by Gasteiger charge is -2.18. The molecular formula is C18H22N4O4S. The van der Waals surface area contributed by atoms with Crippen LogP contribution >= 0.6 is 0 Å². The molecular weight excluding hydrogens is 368 g/mol. The highest BCUT2D eigenvalue weighted by molar-refractivity contribution is 7.89. The molecule has 2 atom stereocenters. The smallest absolute Gasteiger partial charge is 0.337 e. The number of carboxylic acid groups (broad SMARTS) is 1. The van der Waals surface area contributed by atoms with Crippen LogP contribution < -0.4 is 15.6 Å². The lowest BCUT2D eigenvalue weighted by Crippen LogP contribution is -2.37. The summed E-state index contributed by atoms with van der Waals surface area (Å²) in [5, 5.41) is 9.06. The third-order valence-corrected chi connectivity index (χ3v) is 6.25. The molecule has 2 unspecified atom stereocenters. The fraction of sp³-hybridized carbons (Fsp3) is 0.333. The largest absolute Gasteiger partial charge is 0.478 e. The van der Waals surface area contributed by atoms with E-state index in [1.54, 1.807) is 12.1 Å². The van der Waals surface area contributed by atoms with Gasteiger partial charge in [-0.05, 0) is 37.6 Å². The maximum atomic E-state index is 12.6. The van der Waals surface area contributed by atoms with E-state index in [1.165, 1.54) is 30.6 Å². The highest BCUT2D eigenvalue weighted by Gasteiger charge is 2.30. The van der Waals surface area contributed by atoms with Gasteiger partial charge in [0.1, 0.15) is 0 Å². The number of carbonyl (C=O) groups is 1. The first-order chi connectivity index (χ1) is 12.8. The van der Waals surface area contributed by atoms with Crippen molar-refractivity contribution in [3.8, 4) is 11.1 Å².